The summed E-state index contributed by atoms with van der Waals surface area (Å²) in [5, 5.41) is 0. The molecule has 1 heterocycles. The smallest absolute Gasteiger partial charge is 0.161 e. The zero-order chi connectivity index (χ0) is 13.1. The van der Waals surface area contributed by atoms with Gasteiger partial charge in [-0.15, -0.1) is 0 Å². The predicted octanol–water partition coefficient (Wildman–Crippen LogP) is 4.05. The normalized spacial score (nSPS) is 10.6. The fourth-order valence-electron chi connectivity index (χ4n) is 1.67. The van der Waals surface area contributed by atoms with E-state index < -0.39 is 0 Å². The molecule has 0 saturated heterocycles. The first-order valence-corrected chi connectivity index (χ1v) is 7.56. The van der Waals surface area contributed by atoms with Crippen LogP contribution in [0.1, 0.15) is 19.0 Å². The topological polar surface area (TPSA) is 51.8 Å². The van der Waals surface area contributed by atoms with Gasteiger partial charge in [0.2, 0.25) is 0 Å². The van der Waals surface area contributed by atoms with E-state index in [-0.39, 0.29) is 0 Å². The van der Waals surface area contributed by atoms with Crippen molar-refractivity contribution in [1.29, 1.82) is 0 Å². The minimum atomic E-state index is 0.559. The van der Waals surface area contributed by atoms with Crippen molar-refractivity contribution < 1.29 is 0 Å². The Morgan fingerprint density at radius 2 is 2.11 bits per heavy atom. The van der Waals surface area contributed by atoms with Crippen molar-refractivity contribution >= 4 is 44.3 Å². The van der Waals surface area contributed by atoms with Gasteiger partial charge in [0, 0.05) is 10.0 Å². The SMILES string of the molecule is CCCc1nc(-c2cccc(Br)c2)nc(N)c1I. The van der Waals surface area contributed by atoms with E-state index in [4.69, 9.17) is 5.73 Å². The summed E-state index contributed by atoms with van der Waals surface area (Å²) in [4.78, 5) is 8.98. The maximum atomic E-state index is 5.96. The predicted molar refractivity (Wildman–Crippen MR) is 86.3 cm³/mol. The van der Waals surface area contributed by atoms with Crippen molar-refractivity contribution in [3.05, 3.63) is 38.0 Å². The number of aromatic nitrogens is 2. The van der Waals surface area contributed by atoms with Crippen LogP contribution in [0.5, 0.6) is 0 Å². The summed E-state index contributed by atoms with van der Waals surface area (Å²) >= 11 is 5.67. The third-order valence-electron chi connectivity index (χ3n) is 2.52. The van der Waals surface area contributed by atoms with Crippen molar-refractivity contribution in [2.24, 2.45) is 0 Å². The molecule has 1 aromatic heterocycles. The van der Waals surface area contributed by atoms with Crippen molar-refractivity contribution in [3.8, 4) is 11.4 Å². The molecule has 0 radical (unpaired) electrons. The van der Waals surface area contributed by atoms with Gasteiger partial charge in [-0.1, -0.05) is 41.4 Å². The highest BCUT2D eigenvalue weighted by Crippen LogP contribution is 2.24. The molecule has 0 aliphatic carbocycles. The Labute approximate surface area is 128 Å². The van der Waals surface area contributed by atoms with Gasteiger partial charge in [0.25, 0.3) is 0 Å². The van der Waals surface area contributed by atoms with Crippen LogP contribution in [0.3, 0.4) is 0 Å². The van der Waals surface area contributed by atoms with E-state index in [1.807, 2.05) is 24.3 Å². The van der Waals surface area contributed by atoms with Crippen LogP contribution in [-0.4, -0.2) is 9.97 Å². The average molecular weight is 418 g/mol. The van der Waals surface area contributed by atoms with Crippen LogP contribution in [0.4, 0.5) is 5.82 Å². The number of anilines is 1. The molecule has 2 aromatic rings. The van der Waals surface area contributed by atoms with Gasteiger partial charge in [0.1, 0.15) is 5.82 Å². The summed E-state index contributed by atoms with van der Waals surface area (Å²) in [7, 11) is 0. The first-order valence-electron chi connectivity index (χ1n) is 5.69. The Morgan fingerprint density at radius 1 is 1.33 bits per heavy atom. The van der Waals surface area contributed by atoms with Crippen LogP contribution in [0.25, 0.3) is 11.4 Å². The number of aryl methyl sites for hydroxylation is 1. The number of hydrogen-bond acceptors (Lipinski definition) is 3. The minimum absolute atomic E-state index is 0.559. The third kappa shape index (κ3) is 3.00. The lowest BCUT2D eigenvalue weighted by Crippen LogP contribution is -2.05. The van der Waals surface area contributed by atoms with Crippen LogP contribution in [0.2, 0.25) is 0 Å². The largest absolute Gasteiger partial charge is 0.383 e. The lowest BCUT2D eigenvalue weighted by atomic mass is 10.2. The monoisotopic (exact) mass is 417 g/mol. The number of rotatable bonds is 3. The van der Waals surface area contributed by atoms with Gasteiger partial charge in [0.05, 0.1) is 9.26 Å². The van der Waals surface area contributed by atoms with Crippen molar-refractivity contribution in [2.75, 3.05) is 5.73 Å². The summed E-state index contributed by atoms with van der Waals surface area (Å²) < 4.78 is 1.98. The molecule has 18 heavy (non-hydrogen) atoms. The van der Waals surface area contributed by atoms with E-state index >= 15 is 0 Å². The Morgan fingerprint density at radius 3 is 2.78 bits per heavy atom. The van der Waals surface area contributed by atoms with Crippen LogP contribution in [-0.2, 0) is 6.42 Å². The zero-order valence-electron chi connectivity index (χ0n) is 9.95. The number of nitrogens with two attached hydrogens (primary N) is 1. The second-order valence-corrected chi connectivity index (χ2v) is 5.95. The fourth-order valence-corrected chi connectivity index (χ4v) is 2.58. The maximum absolute atomic E-state index is 5.96. The van der Waals surface area contributed by atoms with Gasteiger partial charge in [-0.05, 0) is 41.1 Å². The summed E-state index contributed by atoms with van der Waals surface area (Å²) in [6.07, 6.45) is 1.97. The van der Waals surface area contributed by atoms with Crippen molar-refractivity contribution in [1.82, 2.24) is 9.97 Å². The fraction of sp³-hybridized carbons (Fsp3) is 0.231. The first-order chi connectivity index (χ1) is 8.61. The molecule has 94 valence electrons. The van der Waals surface area contributed by atoms with E-state index in [9.17, 15) is 0 Å². The lowest BCUT2D eigenvalue weighted by Gasteiger charge is -2.08. The highest BCUT2D eigenvalue weighted by atomic mass is 127. The van der Waals surface area contributed by atoms with Gasteiger partial charge in [-0.25, -0.2) is 9.97 Å². The molecule has 2 rings (SSSR count). The number of nitrogens with zero attached hydrogens (tertiary/aromatic N) is 2. The molecule has 0 saturated carbocycles. The van der Waals surface area contributed by atoms with Crippen molar-refractivity contribution in [2.45, 2.75) is 19.8 Å². The second kappa shape index (κ2) is 5.97. The molecule has 0 spiro atoms. The zero-order valence-corrected chi connectivity index (χ0v) is 13.7. The van der Waals surface area contributed by atoms with Crippen LogP contribution in [0.15, 0.2) is 28.7 Å². The molecular formula is C13H13BrIN3. The molecule has 0 bridgehead atoms. The quantitative estimate of drug-likeness (QED) is 0.766. The van der Waals surface area contributed by atoms with E-state index in [0.717, 1.165) is 32.1 Å². The van der Waals surface area contributed by atoms with Crippen LogP contribution in [0, 0.1) is 3.57 Å². The highest BCUT2D eigenvalue weighted by molar-refractivity contribution is 14.1. The first kappa shape index (κ1) is 13.7. The molecule has 0 atom stereocenters. The van der Waals surface area contributed by atoms with Crippen LogP contribution >= 0.6 is 38.5 Å². The van der Waals surface area contributed by atoms with Crippen LogP contribution < -0.4 is 5.73 Å². The summed E-state index contributed by atoms with van der Waals surface area (Å²) in [6, 6.07) is 7.93. The van der Waals surface area contributed by atoms with Gasteiger partial charge < -0.3 is 5.73 Å². The molecule has 0 fully saturated rings. The number of benzene rings is 1. The number of nitrogen functional groups attached to an aromatic ring is 1. The Bertz CT molecular complexity index is 572. The second-order valence-electron chi connectivity index (χ2n) is 3.95. The summed E-state index contributed by atoms with van der Waals surface area (Å²) in [6.45, 7) is 2.13. The molecule has 2 N–H and O–H groups in total. The van der Waals surface area contributed by atoms with Gasteiger partial charge >= 0.3 is 0 Å². The number of halogens is 2. The molecule has 3 nitrogen and oxygen atoms in total. The van der Waals surface area contributed by atoms with E-state index in [0.29, 0.717) is 11.6 Å². The van der Waals surface area contributed by atoms with Crippen molar-refractivity contribution in [3.63, 3.8) is 0 Å². The van der Waals surface area contributed by atoms with Gasteiger partial charge in [-0.2, -0.15) is 0 Å². The molecule has 5 heteroatoms. The highest BCUT2D eigenvalue weighted by Gasteiger charge is 2.10. The standard InChI is InChI=1S/C13H13BrIN3/c1-2-4-10-11(15)12(16)18-13(17-10)8-5-3-6-9(14)7-8/h3,5-7H,2,4H2,1H3,(H2,16,17,18). The minimum Gasteiger partial charge on any atom is -0.383 e. The number of hydrogen-bond donors (Lipinski definition) is 1. The summed E-state index contributed by atoms with van der Waals surface area (Å²) in [5.41, 5.74) is 7.96. The Balaban J connectivity index is 2.51. The Hall–Kier alpha value is -0.690. The lowest BCUT2D eigenvalue weighted by molar-refractivity contribution is 0.869. The molecule has 0 amide bonds. The molecule has 1 aromatic carbocycles. The molecular weight excluding hydrogens is 405 g/mol. The van der Waals surface area contributed by atoms with Gasteiger partial charge in [-0.3, -0.25) is 0 Å². The average Bonchev–Trinajstić information content (AvgIpc) is 2.35. The third-order valence-corrected chi connectivity index (χ3v) is 4.18. The Kier molecular flexibility index (Phi) is 4.55. The van der Waals surface area contributed by atoms with E-state index in [1.54, 1.807) is 0 Å². The van der Waals surface area contributed by atoms with Gasteiger partial charge in [0.15, 0.2) is 5.82 Å². The van der Waals surface area contributed by atoms with E-state index in [1.165, 1.54) is 0 Å². The molecule has 0 aliphatic rings. The summed E-state index contributed by atoms with van der Waals surface area (Å²) in [5.74, 6) is 1.25. The molecule has 0 unspecified atom stereocenters. The van der Waals surface area contributed by atoms with E-state index in [2.05, 4.69) is 55.4 Å². The molecule has 0 aliphatic heterocycles. The maximum Gasteiger partial charge on any atom is 0.161 e.